The van der Waals surface area contributed by atoms with Gasteiger partial charge in [-0.1, -0.05) is 71.9 Å². The number of urea groups is 1. The van der Waals surface area contributed by atoms with E-state index in [1.807, 2.05) is 0 Å². The third-order valence-corrected chi connectivity index (χ3v) is 16.2. The zero-order valence-corrected chi connectivity index (χ0v) is 29.6. The number of hydrogen-bond donors (Lipinski definition) is 4. The molecule has 0 heterocycles. The summed E-state index contributed by atoms with van der Waals surface area (Å²) >= 11 is 0. The van der Waals surface area contributed by atoms with Crippen molar-refractivity contribution in [1.29, 1.82) is 0 Å². The Balaban J connectivity index is 1.04. The molecular formula is C38H60N2O5S. The summed E-state index contributed by atoms with van der Waals surface area (Å²) in [5.41, 5.74) is 1.23. The van der Waals surface area contributed by atoms with Gasteiger partial charge in [-0.2, -0.15) is 0 Å². The molecule has 0 aliphatic heterocycles. The predicted octanol–water partition coefficient (Wildman–Crippen LogP) is 7.16. The van der Waals surface area contributed by atoms with E-state index in [2.05, 4.69) is 37.7 Å². The molecule has 8 heteroatoms. The van der Waals surface area contributed by atoms with Crippen LogP contribution in [0.2, 0.25) is 0 Å². The Morgan fingerprint density at radius 2 is 1.59 bits per heavy atom. The highest BCUT2D eigenvalue weighted by Gasteiger charge is 2.64. The Morgan fingerprint density at radius 1 is 0.913 bits per heavy atom. The lowest BCUT2D eigenvalue weighted by Gasteiger charge is -2.64. The van der Waals surface area contributed by atoms with E-state index < -0.39 is 16.1 Å². The third kappa shape index (κ3) is 5.74. The third-order valence-electron chi connectivity index (χ3n) is 14.8. The van der Waals surface area contributed by atoms with E-state index in [1.165, 1.54) is 63.5 Å². The summed E-state index contributed by atoms with van der Waals surface area (Å²) in [5.74, 6) is 3.60. The van der Waals surface area contributed by atoms with Gasteiger partial charge in [-0.05, 0) is 128 Å². The number of aliphatic hydroxyl groups excluding tert-OH is 2. The molecule has 1 unspecified atom stereocenters. The van der Waals surface area contributed by atoms with Crippen molar-refractivity contribution in [2.45, 2.75) is 134 Å². The van der Waals surface area contributed by atoms with E-state index in [9.17, 15) is 23.4 Å². The highest BCUT2D eigenvalue weighted by atomic mass is 32.2. The maximum atomic E-state index is 13.0. The van der Waals surface area contributed by atoms with E-state index in [1.54, 1.807) is 12.1 Å². The second-order valence-electron chi connectivity index (χ2n) is 16.7. The predicted molar refractivity (Wildman–Crippen MR) is 182 cm³/mol. The van der Waals surface area contributed by atoms with Crippen LogP contribution in [0.4, 0.5) is 4.79 Å². The lowest BCUT2D eigenvalue weighted by molar-refractivity contribution is -0.194. The average molecular weight is 657 g/mol. The number of fused-ring (bicyclic) bond motifs is 5. The van der Waals surface area contributed by atoms with E-state index in [0.717, 1.165) is 44.1 Å². The van der Waals surface area contributed by atoms with Crippen LogP contribution in [0.25, 0.3) is 0 Å². The van der Waals surface area contributed by atoms with Crippen LogP contribution >= 0.6 is 0 Å². The summed E-state index contributed by atoms with van der Waals surface area (Å²) < 4.78 is 28.2. The summed E-state index contributed by atoms with van der Waals surface area (Å²) in [6.45, 7) is 10.1. The minimum Gasteiger partial charge on any atom is -0.395 e. The molecule has 0 aromatic heterocycles. The highest BCUT2D eigenvalue weighted by molar-refractivity contribution is 7.90. The zero-order chi connectivity index (χ0) is 32.9. The fourth-order valence-electron chi connectivity index (χ4n) is 12.4. The van der Waals surface area contributed by atoms with Gasteiger partial charge < -0.3 is 15.5 Å². The molecule has 0 radical (unpaired) electrons. The number of benzene rings is 1. The van der Waals surface area contributed by atoms with Crippen LogP contribution in [-0.2, 0) is 15.4 Å². The Kier molecular flexibility index (Phi) is 9.67. The van der Waals surface area contributed by atoms with Gasteiger partial charge in [-0.15, -0.1) is 0 Å². The number of hydrogen-bond acceptors (Lipinski definition) is 5. The zero-order valence-electron chi connectivity index (χ0n) is 28.8. The van der Waals surface area contributed by atoms with Crippen molar-refractivity contribution in [3.63, 3.8) is 0 Å². The van der Waals surface area contributed by atoms with Gasteiger partial charge in [0.1, 0.15) is 0 Å². The molecule has 0 saturated heterocycles. The van der Waals surface area contributed by atoms with Crippen LogP contribution in [0.1, 0.15) is 123 Å². The fraction of sp³-hybridized carbons (Fsp3) is 0.816. The van der Waals surface area contributed by atoms with Gasteiger partial charge in [0.15, 0.2) is 0 Å². The topological polar surface area (TPSA) is 116 Å². The molecule has 0 bridgehead atoms. The molecule has 5 saturated carbocycles. The molecule has 0 spiro atoms. The Hall–Kier alpha value is -1.64. The van der Waals surface area contributed by atoms with Crippen molar-refractivity contribution in [2.75, 3.05) is 13.2 Å². The molecule has 5 aliphatic carbocycles. The monoisotopic (exact) mass is 656 g/mol. The van der Waals surface area contributed by atoms with Crippen LogP contribution in [0.15, 0.2) is 29.2 Å². The van der Waals surface area contributed by atoms with E-state index in [0.29, 0.717) is 53.4 Å². The largest absolute Gasteiger partial charge is 0.395 e. The van der Waals surface area contributed by atoms with Crippen LogP contribution in [-0.4, -0.2) is 43.9 Å². The van der Waals surface area contributed by atoms with Gasteiger partial charge in [0, 0.05) is 12.0 Å². The highest BCUT2D eigenvalue weighted by Crippen LogP contribution is 2.69. The first kappa shape index (κ1) is 34.2. The maximum absolute atomic E-state index is 13.0. The first-order chi connectivity index (χ1) is 21.9. The molecule has 2 amide bonds. The van der Waals surface area contributed by atoms with Crippen molar-refractivity contribution >= 4 is 16.1 Å². The second kappa shape index (κ2) is 13.0. The van der Waals surface area contributed by atoms with Crippen LogP contribution in [0, 0.1) is 52.3 Å². The maximum Gasteiger partial charge on any atom is 0.328 e. The van der Waals surface area contributed by atoms with Crippen molar-refractivity contribution in [2.24, 2.45) is 52.3 Å². The van der Waals surface area contributed by atoms with Gasteiger partial charge in [0.2, 0.25) is 0 Å². The lowest BCUT2D eigenvalue weighted by Crippen LogP contribution is -2.61. The minimum atomic E-state index is -4.00. The molecule has 4 N–H and O–H groups in total. The number of carbonyl (C=O) groups excluding carboxylic acids is 1. The summed E-state index contributed by atoms with van der Waals surface area (Å²) in [7, 11) is -4.00. The number of nitrogens with one attached hydrogen (secondary N) is 2. The van der Waals surface area contributed by atoms with Crippen LogP contribution in [0.5, 0.6) is 0 Å². The summed E-state index contributed by atoms with van der Waals surface area (Å²) in [4.78, 5) is 12.8. The second-order valence-corrected chi connectivity index (χ2v) is 18.4. The number of aliphatic hydroxyl groups is 2. The molecular weight excluding hydrogens is 596 g/mol. The summed E-state index contributed by atoms with van der Waals surface area (Å²) in [6, 6.07) is 5.94. The number of carbonyl (C=O) groups is 1. The quantitative estimate of drug-likeness (QED) is 0.225. The molecule has 7 nitrogen and oxygen atoms in total. The fourth-order valence-corrected chi connectivity index (χ4v) is 13.4. The van der Waals surface area contributed by atoms with Gasteiger partial charge in [-0.25, -0.2) is 17.9 Å². The first-order valence-electron chi connectivity index (χ1n) is 18.6. The van der Waals surface area contributed by atoms with Crippen molar-refractivity contribution in [3.8, 4) is 0 Å². The molecule has 5 fully saturated rings. The van der Waals surface area contributed by atoms with Crippen LogP contribution in [0.3, 0.4) is 0 Å². The number of rotatable bonds is 9. The van der Waals surface area contributed by atoms with Crippen molar-refractivity contribution in [3.05, 3.63) is 29.8 Å². The molecule has 6 rings (SSSR count). The van der Waals surface area contributed by atoms with E-state index >= 15 is 0 Å². The minimum absolute atomic E-state index is 0.0509. The van der Waals surface area contributed by atoms with Gasteiger partial charge >= 0.3 is 6.03 Å². The Morgan fingerprint density at radius 3 is 2.26 bits per heavy atom. The van der Waals surface area contributed by atoms with Gasteiger partial charge in [-0.3, -0.25) is 0 Å². The molecule has 46 heavy (non-hydrogen) atoms. The SMILES string of the molecule is CC[C@H]1[C@@H](O)[C@@H]2[C@H](CC[C@]3(C)C([C@H](C)CCNC(=O)NS(=O)(=O)c4ccc(C5(CO)CCCC5)cc4)CC[C@@H]23)[C@@]2(C)CCCC[C@@H]12. The molecule has 5 aliphatic rings. The molecule has 10 atom stereocenters. The first-order valence-corrected chi connectivity index (χ1v) is 20.1. The lowest BCUT2D eigenvalue weighted by atomic mass is 9.41. The summed E-state index contributed by atoms with van der Waals surface area (Å²) in [6.07, 6.45) is 15.7. The smallest absolute Gasteiger partial charge is 0.328 e. The van der Waals surface area contributed by atoms with E-state index in [-0.39, 0.29) is 28.4 Å². The Bertz CT molecular complexity index is 1340. The van der Waals surface area contributed by atoms with Crippen molar-refractivity contribution < 1.29 is 23.4 Å². The Labute approximate surface area is 278 Å². The molecule has 1 aromatic rings. The van der Waals surface area contributed by atoms with Gasteiger partial charge in [0.05, 0.1) is 17.6 Å². The summed E-state index contributed by atoms with van der Waals surface area (Å²) in [5, 5.41) is 24.8. The van der Waals surface area contributed by atoms with Gasteiger partial charge in [0.25, 0.3) is 10.0 Å². The van der Waals surface area contributed by atoms with E-state index in [4.69, 9.17) is 0 Å². The normalized spacial score (nSPS) is 39.1. The number of sulfonamides is 1. The molecule has 1 aromatic carbocycles. The molecule has 258 valence electrons. The standard InChI is InChI=1S/C38H60N2O5S/c1-5-28-30-10-6-7-19-36(30,3)32-17-22-37(4)29(15-16-31(37)33(32)34(28)42)25(2)18-23-39-35(43)40-46(44,45)27-13-11-26(12-14-27)38(24-41)20-8-9-21-38/h11-14,25,28-34,41-42H,5-10,15-24H2,1-4H3,(H2,39,40,43)/t25-,28-,29?,30+,31+,32+,33+,34-,36+,37-/m1/s1. The average Bonchev–Trinajstić information content (AvgIpc) is 3.66. The van der Waals surface area contributed by atoms with Crippen LogP contribution < -0.4 is 10.0 Å². The van der Waals surface area contributed by atoms with Crippen molar-refractivity contribution in [1.82, 2.24) is 10.0 Å². The number of amides is 2.